The number of anilines is 1. The molecule has 0 saturated carbocycles. The van der Waals surface area contributed by atoms with Gasteiger partial charge in [-0.2, -0.15) is 0 Å². The van der Waals surface area contributed by atoms with Crippen molar-refractivity contribution in [3.63, 3.8) is 0 Å². The van der Waals surface area contributed by atoms with Crippen molar-refractivity contribution in [2.45, 2.75) is 27.3 Å². The number of carbonyl (C=O) groups excluding carboxylic acids is 2. The van der Waals surface area contributed by atoms with Crippen molar-refractivity contribution in [3.05, 3.63) is 99.0 Å². The van der Waals surface area contributed by atoms with Gasteiger partial charge in [0.25, 0.3) is 0 Å². The molecule has 2 heterocycles. The van der Waals surface area contributed by atoms with E-state index in [0.29, 0.717) is 28.3 Å². The van der Waals surface area contributed by atoms with Crippen LogP contribution < -0.4 is 15.5 Å². The Bertz CT molecular complexity index is 1450. The third-order valence-electron chi connectivity index (χ3n) is 5.48. The number of nitrogens with one attached hydrogen (secondary N) is 1. The summed E-state index contributed by atoms with van der Waals surface area (Å²) in [7, 11) is 1.54. The summed E-state index contributed by atoms with van der Waals surface area (Å²) in [5.41, 5.74) is 3.71. The Labute approximate surface area is 197 Å². The van der Waals surface area contributed by atoms with E-state index >= 15 is 0 Å². The molecule has 0 aliphatic rings. The van der Waals surface area contributed by atoms with Gasteiger partial charge in [0.15, 0.2) is 5.78 Å². The van der Waals surface area contributed by atoms with E-state index in [4.69, 9.17) is 4.74 Å². The molecule has 0 spiro atoms. The number of fused-ring (bicyclic) bond motifs is 1. The highest BCUT2D eigenvalue weighted by Crippen LogP contribution is 2.18. The average Bonchev–Trinajstić information content (AvgIpc) is 2.79. The monoisotopic (exact) mass is 455 g/mol. The molecule has 0 bridgehead atoms. The predicted octanol–water partition coefficient (Wildman–Crippen LogP) is 4.20. The Morgan fingerprint density at radius 2 is 1.65 bits per heavy atom. The summed E-state index contributed by atoms with van der Waals surface area (Å²) in [4.78, 5) is 43.8. The van der Waals surface area contributed by atoms with E-state index in [1.165, 1.54) is 13.3 Å². The maximum absolute atomic E-state index is 13.2. The van der Waals surface area contributed by atoms with Gasteiger partial charge in [0, 0.05) is 23.1 Å². The van der Waals surface area contributed by atoms with Crippen LogP contribution in [0, 0.1) is 20.8 Å². The highest BCUT2D eigenvalue weighted by Gasteiger charge is 2.19. The van der Waals surface area contributed by atoms with Crippen LogP contribution in [0.2, 0.25) is 0 Å². The van der Waals surface area contributed by atoms with Crippen molar-refractivity contribution >= 4 is 28.4 Å². The number of aryl methyl sites for hydroxylation is 3. The molecule has 2 aromatic carbocycles. The molecule has 0 aliphatic heterocycles. The summed E-state index contributed by atoms with van der Waals surface area (Å²) in [6.07, 6.45) is 1.42. The first-order valence-corrected chi connectivity index (χ1v) is 10.8. The number of amides is 1. The van der Waals surface area contributed by atoms with Crippen LogP contribution in [0.5, 0.6) is 5.75 Å². The Kier molecular flexibility index (Phi) is 6.27. The second-order valence-electron chi connectivity index (χ2n) is 8.31. The molecule has 0 saturated heterocycles. The molecule has 7 nitrogen and oxygen atoms in total. The molecular formula is C27H25N3O4. The molecular weight excluding hydrogens is 430 g/mol. The lowest BCUT2D eigenvalue weighted by Crippen LogP contribution is -2.25. The third kappa shape index (κ3) is 4.73. The molecule has 34 heavy (non-hydrogen) atoms. The van der Waals surface area contributed by atoms with Crippen LogP contribution in [-0.4, -0.2) is 28.4 Å². The average molecular weight is 456 g/mol. The molecule has 7 heteroatoms. The first kappa shape index (κ1) is 22.9. The fourth-order valence-corrected chi connectivity index (χ4v) is 3.94. The van der Waals surface area contributed by atoms with Gasteiger partial charge in [0.1, 0.15) is 17.9 Å². The topological polar surface area (TPSA) is 90.3 Å². The van der Waals surface area contributed by atoms with E-state index < -0.39 is 11.2 Å². The van der Waals surface area contributed by atoms with E-state index in [2.05, 4.69) is 10.3 Å². The van der Waals surface area contributed by atoms with Crippen LogP contribution in [0.1, 0.15) is 32.7 Å². The molecule has 1 amide bonds. The zero-order valence-electron chi connectivity index (χ0n) is 19.5. The normalized spacial score (nSPS) is 10.8. The van der Waals surface area contributed by atoms with Crippen molar-refractivity contribution in [3.8, 4) is 5.75 Å². The number of carbonyl (C=O) groups is 2. The van der Waals surface area contributed by atoms with Crippen LogP contribution in [0.15, 0.2) is 65.6 Å². The van der Waals surface area contributed by atoms with Crippen LogP contribution in [-0.2, 0) is 11.3 Å². The summed E-state index contributed by atoms with van der Waals surface area (Å²) in [5.74, 6) is -0.116. The van der Waals surface area contributed by atoms with Crippen molar-refractivity contribution in [2.75, 3.05) is 12.4 Å². The second kappa shape index (κ2) is 9.31. The van der Waals surface area contributed by atoms with E-state index in [9.17, 15) is 14.4 Å². The van der Waals surface area contributed by atoms with Gasteiger partial charge < -0.3 is 14.6 Å². The molecule has 4 rings (SSSR count). The molecule has 172 valence electrons. The number of methoxy groups -OCH3 is 1. The number of rotatable bonds is 6. The quantitative estimate of drug-likeness (QED) is 0.440. The van der Waals surface area contributed by atoms with Crippen LogP contribution in [0.25, 0.3) is 11.0 Å². The van der Waals surface area contributed by atoms with E-state index in [-0.39, 0.29) is 23.4 Å². The van der Waals surface area contributed by atoms with Gasteiger partial charge in [0.05, 0.1) is 18.1 Å². The molecule has 0 unspecified atom stereocenters. The predicted molar refractivity (Wildman–Crippen MR) is 132 cm³/mol. The molecule has 0 fully saturated rings. The van der Waals surface area contributed by atoms with Gasteiger partial charge in [-0.05, 0) is 80.4 Å². The minimum Gasteiger partial charge on any atom is -0.497 e. The number of ether oxygens (including phenoxy) is 1. The fraction of sp³-hybridized carbons (Fsp3) is 0.185. The first-order valence-electron chi connectivity index (χ1n) is 10.8. The maximum atomic E-state index is 13.2. The summed E-state index contributed by atoms with van der Waals surface area (Å²) in [6.45, 7) is 5.62. The number of pyridine rings is 2. The number of hydrogen-bond donors (Lipinski definition) is 1. The Morgan fingerprint density at radius 3 is 2.29 bits per heavy atom. The highest BCUT2D eigenvalue weighted by atomic mass is 16.5. The Balaban J connectivity index is 1.75. The van der Waals surface area contributed by atoms with E-state index in [1.807, 2.05) is 32.0 Å². The maximum Gasteiger partial charge on any atom is 0.244 e. The molecule has 2 aromatic heterocycles. The van der Waals surface area contributed by atoms with Gasteiger partial charge in [0.2, 0.25) is 11.3 Å². The lowest BCUT2D eigenvalue weighted by Gasteiger charge is -2.14. The highest BCUT2D eigenvalue weighted by molar-refractivity contribution is 6.10. The molecule has 0 aliphatic carbocycles. The zero-order valence-corrected chi connectivity index (χ0v) is 19.5. The lowest BCUT2D eigenvalue weighted by molar-refractivity contribution is -0.116. The van der Waals surface area contributed by atoms with Crippen molar-refractivity contribution in [2.24, 2.45) is 0 Å². The molecule has 0 atom stereocenters. The van der Waals surface area contributed by atoms with Crippen molar-refractivity contribution in [1.29, 1.82) is 0 Å². The number of benzene rings is 2. The van der Waals surface area contributed by atoms with E-state index in [1.54, 1.807) is 47.9 Å². The summed E-state index contributed by atoms with van der Waals surface area (Å²) >= 11 is 0. The van der Waals surface area contributed by atoms with E-state index in [0.717, 1.165) is 11.1 Å². The fourth-order valence-electron chi connectivity index (χ4n) is 3.94. The summed E-state index contributed by atoms with van der Waals surface area (Å²) < 4.78 is 6.70. The smallest absolute Gasteiger partial charge is 0.244 e. The van der Waals surface area contributed by atoms with Gasteiger partial charge in [-0.15, -0.1) is 0 Å². The lowest BCUT2D eigenvalue weighted by atomic mass is 10.0. The summed E-state index contributed by atoms with van der Waals surface area (Å²) in [5, 5.41) is 3.18. The minimum absolute atomic E-state index is 0.0254. The largest absolute Gasteiger partial charge is 0.497 e. The second-order valence-corrected chi connectivity index (χ2v) is 8.31. The minimum atomic E-state index is -0.432. The van der Waals surface area contributed by atoms with Gasteiger partial charge in [-0.3, -0.25) is 14.4 Å². The van der Waals surface area contributed by atoms with Crippen molar-refractivity contribution < 1.29 is 14.3 Å². The third-order valence-corrected chi connectivity index (χ3v) is 5.48. The SMILES string of the molecule is COc1ccc(C(=O)c2cn(CC(=O)Nc3cc(C)cc(C)c3)c3nc(C)ccc3c2=O)cc1. The van der Waals surface area contributed by atoms with Crippen molar-refractivity contribution in [1.82, 2.24) is 9.55 Å². The van der Waals surface area contributed by atoms with Gasteiger partial charge >= 0.3 is 0 Å². The molecule has 4 aromatic rings. The van der Waals surface area contributed by atoms with Gasteiger partial charge in [-0.1, -0.05) is 6.07 Å². The first-order chi connectivity index (χ1) is 16.2. The number of nitrogens with zero attached hydrogens (tertiary/aromatic N) is 2. The number of hydrogen-bond acceptors (Lipinski definition) is 5. The van der Waals surface area contributed by atoms with Crippen LogP contribution in [0.3, 0.4) is 0 Å². The van der Waals surface area contributed by atoms with Crippen LogP contribution in [0.4, 0.5) is 5.69 Å². The molecule has 1 N–H and O–H groups in total. The van der Waals surface area contributed by atoms with Crippen LogP contribution >= 0.6 is 0 Å². The molecule has 0 radical (unpaired) electrons. The zero-order chi connectivity index (χ0) is 24.4. The Hall–Kier alpha value is -4.26. The standard InChI is InChI=1S/C27H25N3O4/c1-16-11-17(2)13-20(12-16)29-24(31)15-30-14-23(25(32)19-6-8-21(34-4)9-7-19)26(33)22-10-5-18(3)28-27(22)30/h5-14H,15H2,1-4H3,(H,29,31). The number of ketones is 1. The number of aromatic nitrogens is 2. The van der Waals surface area contributed by atoms with Gasteiger partial charge in [-0.25, -0.2) is 4.98 Å². The Morgan fingerprint density at radius 1 is 0.971 bits per heavy atom. The summed E-state index contributed by atoms with van der Waals surface area (Å²) in [6, 6.07) is 15.7.